The average Bonchev–Trinajstić information content (AvgIpc) is 2.34. The molecule has 0 fully saturated rings. The summed E-state index contributed by atoms with van der Waals surface area (Å²) in [5, 5.41) is 0. The van der Waals surface area contributed by atoms with E-state index in [4.69, 9.17) is 19.9 Å². The van der Waals surface area contributed by atoms with E-state index in [1.165, 1.54) is 0 Å². The van der Waals surface area contributed by atoms with E-state index in [2.05, 4.69) is 0 Å². The highest BCUT2D eigenvalue weighted by atomic mass is 16.6. The van der Waals surface area contributed by atoms with Crippen LogP contribution in [0.25, 0.3) is 0 Å². The van der Waals surface area contributed by atoms with E-state index in [-0.39, 0.29) is 13.2 Å². The number of carbonyl (C=O) groups excluding carboxylic acids is 1. The molecule has 0 saturated carbocycles. The van der Waals surface area contributed by atoms with Crippen molar-refractivity contribution in [3.8, 4) is 5.75 Å². The van der Waals surface area contributed by atoms with Crippen LogP contribution in [0.1, 0.15) is 6.92 Å². The lowest BCUT2D eigenvalue weighted by molar-refractivity contribution is -0.147. The van der Waals surface area contributed by atoms with Gasteiger partial charge in [-0.3, -0.25) is 0 Å². The van der Waals surface area contributed by atoms with Crippen LogP contribution in [0.5, 0.6) is 5.75 Å². The maximum absolute atomic E-state index is 11.2. The van der Waals surface area contributed by atoms with Crippen LogP contribution in [0.2, 0.25) is 0 Å². The largest absolute Gasteiger partial charge is 0.482 e. The summed E-state index contributed by atoms with van der Waals surface area (Å²) in [6.45, 7) is 3.03. The second kappa shape index (κ2) is 7.51. The van der Waals surface area contributed by atoms with Crippen LogP contribution in [-0.4, -0.2) is 32.4 Å². The lowest BCUT2D eigenvalue weighted by Crippen LogP contribution is -2.17. The molecule has 5 nitrogen and oxygen atoms in total. The number of rotatable bonds is 7. The Balaban J connectivity index is 2.17. The van der Waals surface area contributed by atoms with Crippen molar-refractivity contribution in [2.45, 2.75) is 6.92 Å². The van der Waals surface area contributed by atoms with Gasteiger partial charge in [-0.2, -0.15) is 0 Å². The maximum atomic E-state index is 11.2. The highest BCUT2D eigenvalue weighted by Crippen LogP contribution is 2.12. The molecule has 0 atom stereocenters. The number of carbonyl (C=O) groups is 1. The zero-order valence-electron chi connectivity index (χ0n) is 9.85. The summed E-state index contributed by atoms with van der Waals surface area (Å²) in [7, 11) is 0. The fraction of sp³-hybridized carbons (Fsp3) is 0.417. The molecule has 0 radical (unpaired) electrons. The lowest BCUT2D eigenvalue weighted by atomic mass is 10.3. The third-order valence-corrected chi connectivity index (χ3v) is 1.93. The molecule has 17 heavy (non-hydrogen) atoms. The predicted octanol–water partition coefficient (Wildman–Crippen LogP) is 1.23. The molecule has 94 valence electrons. The normalized spacial score (nSPS) is 9.94. The topological polar surface area (TPSA) is 70.8 Å². The second-order valence-corrected chi connectivity index (χ2v) is 3.28. The van der Waals surface area contributed by atoms with Gasteiger partial charge in [0.2, 0.25) is 0 Å². The van der Waals surface area contributed by atoms with Gasteiger partial charge in [0.25, 0.3) is 0 Å². The highest BCUT2D eigenvalue weighted by molar-refractivity contribution is 5.71. The van der Waals surface area contributed by atoms with Gasteiger partial charge in [-0.25, -0.2) is 4.79 Å². The first kappa shape index (κ1) is 13.3. The van der Waals surface area contributed by atoms with Gasteiger partial charge in [0.15, 0.2) is 6.61 Å². The van der Waals surface area contributed by atoms with Crippen LogP contribution in [-0.2, 0) is 14.3 Å². The van der Waals surface area contributed by atoms with Crippen LogP contribution >= 0.6 is 0 Å². The minimum Gasteiger partial charge on any atom is -0.482 e. The Morgan fingerprint density at radius 3 is 2.59 bits per heavy atom. The van der Waals surface area contributed by atoms with E-state index >= 15 is 0 Å². The first-order chi connectivity index (χ1) is 8.22. The highest BCUT2D eigenvalue weighted by Gasteiger charge is 2.03. The number of benzene rings is 1. The Bertz CT molecular complexity index is 337. The van der Waals surface area contributed by atoms with Crippen LogP contribution in [0.3, 0.4) is 0 Å². The maximum Gasteiger partial charge on any atom is 0.344 e. The van der Waals surface area contributed by atoms with E-state index in [1.807, 2.05) is 6.92 Å². The molecule has 0 amide bonds. The van der Waals surface area contributed by atoms with Gasteiger partial charge in [-0.15, -0.1) is 0 Å². The molecular formula is C12H17NO4. The number of nitrogens with two attached hydrogens (primary N) is 1. The number of esters is 1. The molecule has 1 aromatic carbocycles. The fourth-order valence-electron chi connectivity index (χ4n) is 1.11. The van der Waals surface area contributed by atoms with Gasteiger partial charge in [-0.1, -0.05) is 0 Å². The number of ether oxygens (including phenoxy) is 3. The molecule has 5 heteroatoms. The summed E-state index contributed by atoms with van der Waals surface area (Å²) in [6.07, 6.45) is 0. The molecule has 0 aliphatic heterocycles. The number of hydrogen-bond donors (Lipinski definition) is 1. The van der Waals surface area contributed by atoms with E-state index < -0.39 is 5.97 Å². The van der Waals surface area contributed by atoms with Crippen LogP contribution in [0.15, 0.2) is 24.3 Å². The van der Waals surface area contributed by atoms with Crippen LogP contribution < -0.4 is 10.5 Å². The van der Waals surface area contributed by atoms with Crippen molar-refractivity contribution in [3.63, 3.8) is 0 Å². The van der Waals surface area contributed by atoms with Crippen LogP contribution in [0, 0.1) is 0 Å². The minimum atomic E-state index is -0.415. The van der Waals surface area contributed by atoms with Gasteiger partial charge in [0, 0.05) is 12.3 Å². The molecule has 0 aliphatic rings. The van der Waals surface area contributed by atoms with Gasteiger partial charge in [0.1, 0.15) is 12.4 Å². The first-order valence-corrected chi connectivity index (χ1v) is 5.44. The zero-order chi connectivity index (χ0) is 12.5. The van der Waals surface area contributed by atoms with Crippen molar-refractivity contribution in [2.75, 3.05) is 32.2 Å². The van der Waals surface area contributed by atoms with Crippen molar-refractivity contribution in [2.24, 2.45) is 0 Å². The average molecular weight is 239 g/mol. The van der Waals surface area contributed by atoms with Gasteiger partial charge < -0.3 is 19.9 Å². The second-order valence-electron chi connectivity index (χ2n) is 3.28. The van der Waals surface area contributed by atoms with Gasteiger partial charge in [0.05, 0.1) is 6.61 Å². The smallest absolute Gasteiger partial charge is 0.344 e. The molecule has 0 heterocycles. The van der Waals surface area contributed by atoms with Gasteiger partial charge in [-0.05, 0) is 31.2 Å². The Morgan fingerprint density at radius 2 is 1.94 bits per heavy atom. The molecular weight excluding hydrogens is 222 g/mol. The standard InChI is InChI=1S/C12H17NO4/c1-2-15-7-8-16-12(14)9-17-11-5-3-10(13)4-6-11/h3-6H,2,7-9,13H2,1H3. The Kier molecular flexibility index (Phi) is 5.88. The van der Waals surface area contributed by atoms with E-state index in [0.29, 0.717) is 24.7 Å². The molecule has 0 aliphatic carbocycles. The molecule has 0 bridgehead atoms. The summed E-state index contributed by atoms with van der Waals surface area (Å²) in [6, 6.07) is 6.80. The van der Waals surface area contributed by atoms with Crippen molar-refractivity contribution in [3.05, 3.63) is 24.3 Å². The quantitative estimate of drug-likeness (QED) is 0.440. The Labute approximate surface area is 100 Å². The van der Waals surface area contributed by atoms with Crippen molar-refractivity contribution < 1.29 is 19.0 Å². The fourth-order valence-corrected chi connectivity index (χ4v) is 1.11. The third-order valence-electron chi connectivity index (χ3n) is 1.93. The third kappa shape index (κ3) is 5.77. The summed E-state index contributed by atoms with van der Waals surface area (Å²) < 4.78 is 15.1. The molecule has 2 N–H and O–H groups in total. The van der Waals surface area contributed by atoms with E-state index in [1.54, 1.807) is 24.3 Å². The van der Waals surface area contributed by atoms with Crippen LogP contribution in [0.4, 0.5) is 5.69 Å². The SMILES string of the molecule is CCOCCOC(=O)COc1ccc(N)cc1. The summed E-state index contributed by atoms with van der Waals surface area (Å²) in [5.41, 5.74) is 6.17. The lowest BCUT2D eigenvalue weighted by Gasteiger charge is -2.07. The first-order valence-electron chi connectivity index (χ1n) is 5.44. The summed E-state index contributed by atoms with van der Waals surface area (Å²) in [5.74, 6) is 0.169. The van der Waals surface area contributed by atoms with Crippen molar-refractivity contribution >= 4 is 11.7 Å². The summed E-state index contributed by atoms with van der Waals surface area (Å²) in [4.78, 5) is 11.2. The Morgan fingerprint density at radius 1 is 1.24 bits per heavy atom. The number of anilines is 1. The Hall–Kier alpha value is -1.75. The molecule has 0 saturated heterocycles. The molecule has 0 unspecified atom stereocenters. The molecule has 0 spiro atoms. The zero-order valence-corrected chi connectivity index (χ0v) is 9.85. The van der Waals surface area contributed by atoms with Crippen molar-refractivity contribution in [1.29, 1.82) is 0 Å². The molecule has 1 aromatic rings. The van der Waals surface area contributed by atoms with E-state index in [9.17, 15) is 4.79 Å². The van der Waals surface area contributed by atoms with Gasteiger partial charge >= 0.3 is 5.97 Å². The summed E-state index contributed by atoms with van der Waals surface area (Å²) >= 11 is 0. The predicted molar refractivity (Wildman–Crippen MR) is 63.8 cm³/mol. The van der Waals surface area contributed by atoms with Crippen molar-refractivity contribution in [1.82, 2.24) is 0 Å². The molecule has 1 rings (SSSR count). The number of nitrogen functional groups attached to an aromatic ring is 1. The molecule has 0 aromatic heterocycles. The van der Waals surface area contributed by atoms with E-state index in [0.717, 1.165) is 0 Å². The monoisotopic (exact) mass is 239 g/mol. The number of hydrogen-bond acceptors (Lipinski definition) is 5. The minimum absolute atomic E-state index is 0.115.